The quantitative estimate of drug-likeness (QED) is 0.283. The molecule has 7 nitrogen and oxygen atoms in total. The van der Waals surface area contributed by atoms with Crippen LogP contribution < -0.4 is 15.4 Å². The van der Waals surface area contributed by atoms with E-state index in [1.54, 1.807) is 12.5 Å². The summed E-state index contributed by atoms with van der Waals surface area (Å²) in [5.74, 6) is 0.637. The maximum atomic E-state index is 12.1. The van der Waals surface area contributed by atoms with Crippen molar-refractivity contribution in [3.05, 3.63) is 48.5 Å². The van der Waals surface area contributed by atoms with Crippen molar-refractivity contribution in [1.29, 1.82) is 0 Å². The van der Waals surface area contributed by atoms with Crippen molar-refractivity contribution in [2.75, 3.05) is 19.6 Å². The number of benzene rings is 1. The van der Waals surface area contributed by atoms with Crippen molar-refractivity contribution >= 4 is 29.9 Å². The highest BCUT2D eigenvalue weighted by Crippen LogP contribution is 2.19. The summed E-state index contributed by atoms with van der Waals surface area (Å²) in [5, 5.41) is 16.5. The monoisotopic (exact) mass is 495 g/mol. The second kappa shape index (κ2) is 12.4. The van der Waals surface area contributed by atoms with Gasteiger partial charge >= 0.3 is 6.61 Å². The number of aliphatic hydroxyl groups excluding tert-OH is 1. The van der Waals surface area contributed by atoms with Crippen LogP contribution in [-0.4, -0.2) is 46.9 Å². The van der Waals surface area contributed by atoms with Gasteiger partial charge in [0.1, 0.15) is 5.75 Å². The predicted octanol–water partition coefficient (Wildman–Crippen LogP) is 2.39. The molecule has 1 aromatic heterocycles. The third kappa shape index (κ3) is 8.52. The zero-order chi connectivity index (χ0) is 18.8. The summed E-state index contributed by atoms with van der Waals surface area (Å²) >= 11 is 0. The van der Waals surface area contributed by atoms with Gasteiger partial charge in [-0.05, 0) is 24.6 Å². The van der Waals surface area contributed by atoms with Crippen LogP contribution in [0.2, 0.25) is 0 Å². The Labute approximate surface area is 173 Å². The van der Waals surface area contributed by atoms with E-state index < -0.39 is 12.7 Å². The van der Waals surface area contributed by atoms with Crippen molar-refractivity contribution in [2.24, 2.45) is 4.99 Å². The second-order valence-corrected chi connectivity index (χ2v) is 5.41. The van der Waals surface area contributed by atoms with Crippen LogP contribution in [0.1, 0.15) is 18.6 Å². The van der Waals surface area contributed by atoms with E-state index in [2.05, 4.69) is 25.3 Å². The smallest absolute Gasteiger partial charge is 0.387 e. The Morgan fingerprint density at radius 1 is 1.30 bits per heavy atom. The minimum atomic E-state index is -2.87. The van der Waals surface area contributed by atoms with Crippen LogP contribution in [0, 0.1) is 0 Å². The Balaban J connectivity index is 0.00000364. The maximum absolute atomic E-state index is 12.1. The normalized spacial score (nSPS) is 12.4. The molecule has 0 saturated carbocycles. The van der Waals surface area contributed by atoms with Gasteiger partial charge in [-0.3, -0.25) is 4.99 Å². The van der Waals surface area contributed by atoms with E-state index in [0.717, 1.165) is 6.54 Å². The van der Waals surface area contributed by atoms with Crippen LogP contribution in [0.4, 0.5) is 8.78 Å². The minimum absolute atomic E-state index is 0. The van der Waals surface area contributed by atoms with E-state index in [9.17, 15) is 13.9 Å². The lowest BCUT2D eigenvalue weighted by molar-refractivity contribution is -0.0498. The number of guanidine groups is 1. The molecule has 0 fully saturated rings. The number of aliphatic hydroxyl groups is 1. The number of nitrogens with zero attached hydrogens (tertiary/aromatic N) is 3. The van der Waals surface area contributed by atoms with Gasteiger partial charge in [-0.2, -0.15) is 8.78 Å². The first-order valence-electron chi connectivity index (χ1n) is 8.29. The molecule has 0 bridgehead atoms. The molecule has 1 aromatic carbocycles. The SMILES string of the molecule is CCNC(=NCC(O)c1ccc(OC(F)F)cc1)NCCn1ccnc1.I. The molecule has 10 heteroatoms. The molecule has 0 aliphatic rings. The van der Waals surface area contributed by atoms with Crippen molar-refractivity contribution in [1.82, 2.24) is 20.2 Å². The number of hydrogen-bond acceptors (Lipinski definition) is 4. The summed E-state index contributed by atoms with van der Waals surface area (Å²) in [7, 11) is 0. The van der Waals surface area contributed by atoms with Gasteiger partial charge in [0, 0.05) is 32.0 Å². The highest BCUT2D eigenvalue weighted by Gasteiger charge is 2.09. The number of imidazole rings is 1. The van der Waals surface area contributed by atoms with E-state index in [1.807, 2.05) is 17.7 Å². The molecule has 0 aliphatic heterocycles. The molecule has 0 aliphatic carbocycles. The number of aromatic nitrogens is 2. The van der Waals surface area contributed by atoms with Crippen LogP contribution >= 0.6 is 24.0 Å². The van der Waals surface area contributed by atoms with Gasteiger partial charge in [0.25, 0.3) is 0 Å². The Morgan fingerprint density at radius 3 is 2.63 bits per heavy atom. The molecule has 1 unspecified atom stereocenters. The van der Waals surface area contributed by atoms with Crippen LogP contribution in [0.15, 0.2) is 48.0 Å². The number of alkyl halides is 2. The Morgan fingerprint density at radius 2 is 2.04 bits per heavy atom. The van der Waals surface area contributed by atoms with Crippen molar-refractivity contribution < 1.29 is 18.6 Å². The van der Waals surface area contributed by atoms with Gasteiger partial charge in [0.05, 0.1) is 19.0 Å². The molecule has 1 heterocycles. The van der Waals surface area contributed by atoms with E-state index >= 15 is 0 Å². The molecule has 27 heavy (non-hydrogen) atoms. The van der Waals surface area contributed by atoms with E-state index in [1.165, 1.54) is 24.3 Å². The lowest BCUT2D eigenvalue weighted by Gasteiger charge is -2.14. The van der Waals surface area contributed by atoms with E-state index in [0.29, 0.717) is 24.6 Å². The Bertz CT molecular complexity index is 668. The van der Waals surface area contributed by atoms with Gasteiger partial charge in [0.2, 0.25) is 0 Å². The summed E-state index contributed by atoms with van der Waals surface area (Å²) in [5.41, 5.74) is 0.574. The first-order valence-corrected chi connectivity index (χ1v) is 8.29. The number of halogens is 3. The second-order valence-electron chi connectivity index (χ2n) is 5.41. The first-order chi connectivity index (χ1) is 12.6. The molecule has 3 N–H and O–H groups in total. The van der Waals surface area contributed by atoms with Crippen molar-refractivity contribution in [3.8, 4) is 5.75 Å². The third-order valence-corrected chi connectivity index (χ3v) is 3.48. The number of aliphatic imine (C=N–C) groups is 1. The summed E-state index contributed by atoms with van der Waals surface area (Å²) in [6, 6.07) is 5.86. The maximum Gasteiger partial charge on any atom is 0.387 e. The van der Waals surface area contributed by atoms with Gasteiger partial charge < -0.3 is 25.0 Å². The molecule has 0 spiro atoms. The highest BCUT2D eigenvalue weighted by molar-refractivity contribution is 14.0. The zero-order valence-electron chi connectivity index (χ0n) is 14.9. The average molecular weight is 495 g/mol. The Kier molecular flexibility index (Phi) is 10.6. The third-order valence-electron chi connectivity index (χ3n) is 3.48. The van der Waals surface area contributed by atoms with Crippen LogP contribution in [0.25, 0.3) is 0 Å². The number of rotatable bonds is 9. The van der Waals surface area contributed by atoms with Crippen LogP contribution in [-0.2, 0) is 6.54 Å². The zero-order valence-corrected chi connectivity index (χ0v) is 17.2. The molecule has 0 amide bonds. The number of ether oxygens (including phenoxy) is 1. The molecule has 0 radical (unpaired) electrons. The standard InChI is InChI=1S/C17H23F2N5O2.HI/c1-2-21-17(22-8-10-24-9-7-20-12-24)23-11-15(25)13-3-5-14(6-4-13)26-16(18)19;/h3-7,9,12,15-16,25H,2,8,10-11H2,1H3,(H2,21,22,23);1H. The largest absolute Gasteiger partial charge is 0.435 e. The molecule has 2 aromatic rings. The van der Waals surface area contributed by atoms with Gasteiger partial charge in [-0.15, -0.1) is 24.0 Å². The van der Waals surface area contributed by atoms with Gasteiger partial charge in [-0.25, -0.2) is 4.98 Å². The van der Waals surface area contributed by atoms with Gasteiger partial charge in [-0.1, -0.05) is 12.1 Å². The van der Waals surface area contributed by atoms with Crippen LogP contribution in [0.5, 0.6) is 5.75 Å². The topological polar surface area (TPSA) is 83.7 Å². The summed E-state index contributed by atoms with van der Waals surface area (Å²) < 4.78 is 30.5. The first kappa shape index (κ1) is 23.1. The number of hydrogen-bond donors (Lipinski definition) is 3. The molecule has 0 saturated heterocycles. The molecule has 2 rings (SSSR count). The fourth-order valence-corrected chi connectivity index (χ4v) is 2.22. The molecular weight excluding hydrogens is 471 g/mol. The van der Waals surface area contributed by atoms with E-state index in [-0.39, 0.29) is 36.3 Å². The highest BCUT2D eigenvalue weighted by atomic mass is 127. The van der Waals surface area contributed by atoms with Crippen molar-refractivity contribution in [2.45, 2.75) is 26.2 Å². The average Bonchev–Trinajstić information content (AvgIpc) is 3.13. The fraction of sp³-hybridized carbons (Fsp3) is 0.412. The fourth-order valence-electron chi connectivity index (χ4n) is 2.22. The summed E-state index contributed by atoms with van der Waals surface area (Å²) in [4.78, 5) is 8.32. The summed E-state index contributed by atoms with van der Waals surface area (Å²) in [6.07, 6.45) is 4.47. The minimum Gasteiger partial charge on any atom is -0.435 e. The molecular formula is C17H24F2IN5O2. The lowest BCUT2D eigenvalue weighted by Crippen LogP contribution is -2.39. The number of nitrogens with one attached hydrogen (secondary N) is 2. The molecule has 150 valence electrons. The molecule has 1 atom stereocenters. The van der Waals surface area contributed by atoms with Crippen molar-refractivity contribution in [3.63, 3.8) is 0 Å². The Hall–Kier alpha value is -1.95. The van der Waals surface area contributed by atoms with Gasteiger partial charge in [0.15, 0.2) is 5.96 Å². The summed E-state index contributed by atoms with van der Waals surface area (Å²) in [6.45, 7) is 1.29. The van der Waals surface area contributed by atoms with Crippen LogP contribution in [0.3, 0.4) is 0 Å². The lowest BCUT2D eigenvalue weighted by atomic mass is 10.1. The predicted molar refractivity (Wildman–Crippen MR) is 110 cm³/mol. The van der Waals surface area contributed by atoms with E-state index in [4.69, 9.17) is 0 Å².